The molecule has 0 bridgehead atoms. The van der Waals surface area contributed by atoms with Crippen molar-refractivity contribution >= 4 is 29.2 Å². The zero-order valence-corrected chi connectivity index (χ0v) is 20.7. The third kappa shape index (κ3) is 4.42. The molecule has 1 saturated heterocycles. The molecule has 0 saturated carbocycles. The average Bonchev–Trinajstić information content (AvgIpc) is 3.48. The number of H-pyrrole nitrogens is 1. The van der Waals surface area contributed by atoms with Crippen molar-refractivity contribution in [2.45, 2.75) is 32.4 Å². The number of benzene rings is 3. The first-order valence-electron chi connectivity index (χ1n) is 12.1. The first kappa shape index (κ1) is 23.5. The molecule has 0 aliphatic carbocycles. The molecule has 1 aromatic heterocycles. The quantitative estimate of drug-likeness (QED) is 0.354. The second-order valence-electron chi connectivity index (χ2n) is 9.37. The van der Waals surface area contributed by atoms with E-state index in [9.17, 15) is 4.79 Å². The number of aromatic nitrogens is 1. The second-order valence-corrected chi connectivity index (χ2v) is 9.37. The van der Waals surface area contributed by atoms with E-state index in [0.29, 0.717) is 6.54 Å². The maximum Gasteiger partial charge on any atom is 0.252 e. The normalized spacial score (nSPS) is 15.5. The minimum absolute atomic E-state index is 0. The number of carbonyl (C=O) groups excluding carboxylic acids is 1. The van der Waals surface area contributed by atoms with Gasteiger partial charge < -0.3 is 15.0 Å². The highest BCUT2D eigenvalue weighted by atomic mass is 35.5. The van der Waals surface area contributed by atoms with Crippen molar-refractivity contribution < 1.29 is 9.53 Å². The smallest absolute Gasteiger partial charge is 0.252 e. The maximum atomic E-state index is 12.9. The Morgan fingerprint density at radius 1 is 0.914 bits per heavy atom. The number of amides is 1. The Morgan fingerprint density at radius 3 is 2.46 bits per heavy atom. The standard InChI is InChI=1S/C29H29N3O2.ClH/c1-34-22-8-6-20(7-9-22)23-10-11-24(28-25(23)17-30-29(28)33)27-16-21-15-19(5-12-26(21)31-27)18-32-13-3-2-4-14-32;/h5-12,15-16,31H,2-4,13-14,17-18H2,1H3,(H,30,33);1H. The van der Waals surface area contributed by atoms with Crippen LogP contribution < -0.4 is 10.1 Å². The fourth-order valence-electron chi connectivity index (χ4n) is 5.41. The lowest BCUT2D eigenvalue weighted by atomic mass is 9.92. The number of fused-ring (bicyclic) bond motifs is 2. The van der Waals surface area contributed by atoms with Gasteiger partial charge >= 0.3 is 0 Å². The van der Waals surface area contributed by atoms with Crippen molar-refractivity contribution in [1.82, 2.24) is 15.2 Å². The van der Waals surface area contributed by atoms with Gasteiger partial charge in [-0.05, 0) is 78.5 Å². The molecule has 5 nitrogen and oxygen atoms in total. The summed E-state index contributed by atoms with van der Waals surface area (Å²) in [6.07, 6.45) is 3.96. The molecule has 2 N–H and O–H groups in total. The predicted molar refractivity (Wildman–Crippen MR) is 143 cm³/mol. The number of likely N-dealkylation sites (tertiary alicyclic amines) is 1. The summed E-state index contributed by atoms with van der Waals surface area (Å²) in [4.78, 5) is 19.0. The van der Waals surface area contributed by atoms with E-state index >= 15 is 0 Å². The van der Waals surface area contributed by atoms with Crippen LogP contribution >= 0.6 is 12.4 Å². The zero-order chi connectivity index (χ0) is 23.1. The largest absolute Gasteiger partial charge is 0.497 e. The number of hydrogen-bond acceptors (Lipinski definition) is 3. The van der Waals surface area contributed by atoms with Gasteiger partial charge in [0.05, 0.1) is 12.7 Å². The highest BCUT2D eigenvalue weighted by Crippen LogP contribution is 2.37. The highest BCUT2D eigenvalue weighted by Gasteiger charge is 2.27. The Bertz CT molecular complexity index is 1370. The van der Waals surface area contributed by atoms with Crippen molar-refractivity contribution in [3.05, 3.63) is 77.4 Å². The number of carbonyl (C=O) groups is 1. The molecule has 2 aliphatic heterocycles. The van der Waals surface area contributed by atoms with Crippen molar-refractivity contribution in [3.63, 3.8) is 0 Å². The monoisotopic (exact) mass is 487 g/mol. The summed E-state index contributed by atoms with van der Waals surface area (Å²) in [5.41, 5.74) is 8.38. The summed E-state index contributed by atoms with van der Waals surface area (Å²) < 4.78 is 5.30. The second kappa shape index (κ2) is 9.76. The van der Waals surface area contributed by atoms with Gasteiger partial charge in [-0.3, -0.25) is 9.69 Å². The van der Waals surface area contributed by atoms with Crippen LogP contribution in [0.3, 0.4) is 0 Å². The number of halogens is 1. The molecule has 3 heterocycles. The topological polar surface area (TPSA) is 57.4 Å². The Balaban J connectivity index is 0.00000253. The highest BCUT2D eigenvalue weighted by molar-refractivity contribution is 6.07. The first-order valence-corrected chi connectivity index (χ1v) is 12.1. The molecule has 3 aromatic carbocycles. The number of piperidine rings is 1. The van der Waals surface area contributed by atoms with Gasteiger partial charge in [-0.25, -0.2) is 0 Å². The minimum Gasteiger partial charge on any atom is -0.497 e. The molecule has 180 valence electrons. The van der Waals surface area contributed by atoms with Gasteiger partial charge in [0.25, 0.3) is 5.91 Å². The first-order chi connectivity index (χ1) is 16.7. The van der Waals surface area contributed by atoms with Crippen LogP contribution in [0.4, 0.5) is 0 Å². The van der Waals surface area contributed by atoms with Crippen LogP contribution in [0.5, 0.6) is 5.75 Å². The van der Waals surface area contributed by atoms with E-state index in [4.69, 9.17) is 4.74 Å². The molecule has 6 heteroatoms. The van der Waals surface area contributed by atoms with E-state index in [1.54, 1.807) is 7.11 Å². The van der Waals surface area contributed by atoms with Crippen molar-refractivity contribution in [2.24, 2.45) is 0 Å². The van der Waals surface area contributed by atoms with E-state index in [1.165, 1.54) is 43.3 Å². The number of nitrogens with one attached hydrogen (secondary N) is 2. The average molecular weight is 488 g/mol. The van der Waals surface area contributed by atoms with Gasteiger partial charge in [0.2, 0.25) is 0 Å². The number of aromatic amines is 1. The summed E-state index contributed by atoms with van der Waals surface area (Å²) in [5, 5.41) is 4.22. The van der Waals surface area contributed by atoms with Crippen LogP contribution in [0.15, 0.2) is 60.7 Å². The molecule has 6 rings (SSSR count). The fourth-order valence-corrected chi connectivity index (χ4v) is 5.41. The van der Waals surface area contributed by atoms with Gasteiger partial charge in [-0.15, -0.1) is 12.4 Å². The molecule has 0 radical (unpaired) electrons. The molecule has 4 aromatic rings. The molecule has 0 unspecified atom stereocenters. The van der Waals surface area contributed by atoms with Gasteiger partial charge in [0.1, 0.15) is 5.75 Å². The summed E-state index contributed by atoms with van der Waals surface area (Å²) >= 11 is 0. The molecule has 1 amide bonds. The van der Waals surface area contributed by atoms with Crippen molar-refractivity contribution in [3.8, 4) is 28.1 Å². The number of nitrogens with zero attached hydrogens (tertiary/aromatic N) is 1. The number of rotatable bonds is 5. The molecule has 2 aliphatic rings. The van der Waals surface area contributed by atoms with Gasteiger partial charge in [-0.2, -0.15) is 0 Å². The maximum absolute atomic E-state index is 12.9. The van der Waals surface area contributed by atoms with Crippen LogP contribution in [-0.2, 0) is 13.1 Å². The van der Waals surface area contributed by atoms with Crippen molar-refractivity contribution in [1.29, 1.82) is 0 Å². The lowest BCUT2D eigenvalue weighted by molar-refractivity contribution is 0.0966. The number of ether oxygens (including phenoxy) is 1. The van der Waals surface area contributed by atoms with E-state index in [-0.39, 0.29) is 18.3 Å². The molecule has 0 spiro atoms. The molecule has 0 atom stereocenters. The van der Waals surface area contributed by atoms with E-state index in [2.05, 4.69) is 51.6 Å². The third-order valence-corrected chi connectivity index (χ3v) is 7.20. The SMILES string of the molecule is COc1ccc(-c2ccc(-c3cc4cc(CN5CCCCC5)ccc4[nH]3)c3c2CNC3=O)cc1.Cl. The minimum atomic E-state index is -0.00944. The van der Waals surface area contributed by atoms with Gasteiger partial charge in [0.15, 0.2) is 0 Å². The lowest BCUT2D eigenvalue weighted by Crippen LogP contribution is -2.28. The fraction of sp³-hybridized carbons (Fsp3) is 0.276. The Labute approximate surface area is 211 Å². The summed E-state index contributed by atoms with van der Waals surface area (Å²) in [5.74, 6) is 0.814. The summed E-state index contributed by atoms with van der Waals surface area (Å²) in [6, 6.07) is 21.1. The Kier molecular flexibility index (Phi) is 6.54. The van der Waals surface area contributed by atoms with Crippen LogP contribution in [0.2, 0.25) is 0 Å². The van der Waals surface area contributed by atoms with Gasteiger partial charge in [-0.1, -0.05) is 36.8 Å². The Morgan fingerprint density at radius 2 is 1.69 bits per heavy atom. The third-order valence-electron chi connectivity index (χ3n) is 7.20. The van der Waals surface area contributed by atoms with Crippen LogP contribution in [0.25, 0.3) is 33.3 Å². The van der Waals surface area contributed by atoms with Crippen LogP contribution in [0.1, 0.15) is 40.7 Å². The van der Waals surface area contributed by atoms with Crippen LogP contribution in [0, 0.1) is 0 Å². The molecular formula is C29H30ClN3O2. The van der Waals surface area contributed by atoms with Crippen LogP contribution in [-0.4, -0.2) is 36.0 Å². The predicted octanol–water partition coefficient (Wildman–Crippen LogP) is 6.16. The number of hydrogen-bond donors (Lipinski definition) is 2. The summed E-state index contributed by atoms with van der Waals surface area (Å²) in [7, 11) is 1.67. The van der Waals surface area contributed by atoms with E-state index in [0.717, 1.165) is 51.3 Å². The zero-order valence-electron chi connectivity index (χ0n) is 19.9. The molecule has 35 heavy (non-hydrogen) atoms. The molecule has 1 fully saturated rings. The summed E-state index contributed by atoms with van der Waals surface area (Å²) in [6.45, 7) is 3.94. The van der Waals surface area contributed by atoms with Gasteiger partial charge in [0, 0.05) is 35.2 Å². The molecular weight excluding hydrogens is 458 g/mol. The lowest BCUT2D eigenvalue weighted by Gasteiger charge is -2.26. The van der Waals surface area contributed by atoms with E-state index in [1.807, 2.05) is 24.3 Å². The van der Waals surface area contributed by atoms with E-state index < -0.39 is 0 Å². The number of methoxy groups -OCH3 is 1. The Hall–Kier alpha value is -3.28. The van der Waals surface area contributed by atoms with Crippen molar-refractivity contribution in [2.75, 3.05) is 20.2 Å².